The van der Waals surface area contributed by atoms with Crippen LogP contribution < -0.4 is 4.74 Å². The van der Waals surface area contributed by atoms with Gasteiger partial charge in [-0.1, -0.05) is 17.7 Å². The van der Waals surface area contributed by atoms with Gasteiger partial charge >= 0.3 is 0 Å². The molecule has 0 radical (unpaired) electrons. The molecule has 0 amide bonds. The number of hydrogen-bond donors (Lipinski definition) is 0. The number of halogens is 1. The van der Waals surface area contributed by atoms with E-state index in [2.05, 4.69) is 39.4 Å². The van der Waals surface area contributed by atoms with E-state index in [1.54, 1.807) is 0 Å². The molecule has 2 atom stereocenters. The highest BCUT2D eigenvalue weighted by molar-refractivity contribution is 6.30. The third-order valence-electron chi connectivity index (χ3n) is 6.15. The molecule has 1 aromatic heterocycles. The molecule has 29 heavy (non-hydrogen) atoms. The summed E-state index contributed by atoms with van der Waals surface area (Å²) in [6.45, 7) is 6.23. The summed E-state index contributed by atoms with van der Waals surface area (Å²) < 4.78 is 8.62. The molecular weight excluding hydrogens is 384 g/mol. The molecule has 1 aliphatic carbocycles. The third kappa shape index (κ3) is 3.43. The van der Waals surface area contributed by atoms with Gasteiger partial charge in [0.15, 0.2) is 0 Å². The lowest BCUT2D eigenvalue weighted by Gasteiger charge is -2.30. The zero-order valence-corrected chi connectivity index (χ0v) is 17.6. The molecule has 2 unspecified atom stereocenters. The van der Waals surface area contributed by atoms with Crippen molar-refractivity contribution in [1.82, 2.24) is 19.7 Å². The van der Waals surface area contributed by atoms with Crippen molar-refractivity contribution in [3.63, 3.8) is 0 Å². The van der Waals surface area contributed by atoms with E-state index in [1.165, 1.54) is 24.0 Å². The Bertz CT molecular complexity index is 1000. The summed E-state index contributed by atoms with van der Waals surface area (Å²) in [5.74, 6) is 2.63. The second-order valence-electron chi connectivity index (χ2n) is 8.02. The largest absolute Gasteiger partial charge is 0.484 e. The molecule has 0 N–H and O–H groups in total. The van der Waals surface area contributed by atoms with Crippen LogP contribution in [0, 0.1) is 13.8 Å². The number of fused-ring (bicyclic) bond motifs is 1. The van der Waals surface area contributed by atoms with Crippen LogP contribution in [0.3, 0.4) is 0 Å². The first kappa shape index (κ1) is 18.6. The van der Waals surface area contributed by atoms with Gasteiger partial charge in [0.1, 0.15) is 23.5 Å². The highest BCUT2D eigenvalue weighted by atomic mass is 35.5. The van der Waals surface area contributed by atoms with Crippen LogP contribution in [0.15, 0.2) is 42.5 Å². The maximum atomic E-state index is 6.57. The zero-order valence-electron chi connectivity index (χ0n) is 16.8. The van der Waals surface area contributed by atoms with Gasteiger partial charge in [0.25, 0.3) is 0 Å². The number of nitrogens with zero attached hydrogens (tertiary/aromatic N) is 4. The molecule has 150 valence electrons. The van der Waals surface area contributed by atoms with E-state index in [4.69, 9.17) is 16.3 Å². The van der Waals surface area contributed by atoms with Crippen molar-refractivity contribution >= 4 is 11.6 Å². The molecule has 5 rings (SSSR count). The van der Waals surface area contributed by atoms with Crippen molar-refractivity contribution in [1.29, 1.82) is 0 Å². The monoisotopic (exact) mass is 408 g/mol. The van der Waals surface area contributed by atoms with Crippen molar-refractivity contribution in [3.8, 4) is 11.4 Å². The minimum absolute atomic E-state index is 0.00559. The highest BCUT2D eigenvalue weighted by Crippen LogP contribution is 2.40. The summed E-state index contributed by atoms with van der Waals surface area (Å²) in [7, 11) is 0. The molecule has 3 aromatic rings. The molecule has 1 saturated heterocycles. The summed E-state index contributed by atoms with van der Waals surface area (Å²) in [4.78, 5) is 2.58. The van der Waals surface area contributed by atoms with Gasteiger partial charge in [-0.05, 0) is 93.7 Å². The quantitative estimate of drug-likeness (QED) is 0.628. The maximum Gasteiger partial charge on any atom is 0.140 e. The van der Waals surface area contributed by atoms with Crippen LogP contribution >= 0.6 is 11.6 Å². The fourth-order valence-electron chi connectivity index (χ4n) is 4.75. The van der Waals surface area contributed by atoms with Gasteiger partial charge in [0.05, 0.1) is 6.04 Å². The smallest absolute Gasteiger partial charge is 0.140 e. The van der Waals surface area contributed by atoms with E-state index in [9.17, 15) is 0 Å². The van der Waals surface area contributed by atoms with Gasteiger partial charge in [-0.25, -0.2) is 0 Å². The van der Waals surface area contributed by atoms with E-state index in [0.717, 1.165) is 47.6 Å². The van der Waals surface area contributed by atoms with Gasteiger partial charge in [-0.3, -0.25) is 9.47 Å². The molecule has 6 heteroatoms. The Kier molecular flexibility index (Phi) is 4.80. The molecule has 2 aliphatic rings. The topological polar surface area (TPSA) is 43.2 Å². The average Bonchev–Trinajstić information content (AvgIpc) is 3.43. The third-order valence-corrected chi connectivity index (χ3v) is 6.38. The SMILES string of the molecule is Cc1nnc(C)n1-c1ccc(OC2c3cc(Cl)ccc3CC2N2CCCC2)cc1. The van der Waals surface area contributed by atoms with Gasteiger partial charge < -0.3 is 4.74 Å². The second kappa shape index (κ2) is 7.47. The lowest BCUT2D eigenvalue weighted by atomic mass is 10.1. The Hall–Kier alpha value is -2.37. The number of likely N-dealkylation sites (tertiary alicyclic amines) is 1. The number of aromatic nitrogens is 3. The van der Waals surface area contributed by atoms with Crippen LogP contribution in [-0.4, -0.2) is 38.8 Å². The Morgan fingerprint density at radius 2 is 1.66 bits per heavy atom. The van der Waals surface area contributed by atoms with E-state index in [-0.39, 0.29) is 6.10 Å². The molecule has 2 aromatic carbocycles. The minimum Gasteiger partial charge on any atom is -0.484 e. The van der Waals surface area contributed by atoms with Crippen LogP contribution in [0.1, 0.15) is 41.7 Å². The van der Waals surface area contributed by atoms with E-state index in [0.29, 0.717) is 6.04 Å². The highest BCUT2D eigenvalue weighted by Gasteiger charge is 2.39. The first-order valence-corrected chi connectivity index (χ1v) is 10.7. The number of ether oxygens (including phenoxy) is 1. The summed E-state index contributed by atoms with van der Waals surface area (Å²) in [5.41, 5.74) is 3.62. The number of hydrogen-bond acceptors (Lipinski definition) is 4. The molecule has 0 spiro atoms. The molecule has 2 heterocycles. The first-order valence-electron chi connectivity index (χ1n) is 10.3. The molecule has 1 aliphatic heterocycles. The molecule has 5 nitrogen and oxygen atoms in total. The van der Waals surface area contributed by atoms with Crippen molar-refractivity contribution < 1.29 is 4.74 Å². The van der Waals surface area contributed by atoms with E-state index in [1.807, 2.05) is 36.6 Å². The van der Waals surface area contributed by atoms with Crippen molar-refractivity contribution in [2.24, 2.45) is 0 Å². The van der Waals surface area contributed by atoms with E-state index >= 15 is 0 Å². The Labute approximate surface area is 176 Å². The predicted molar refractivity (Wildman–Crippen MR) is 114 cm³/mol. The summed E-state index contributed by atoms with van der Waals surface area (Å²) in [5, 5.41) is 9.07. The van der Waals surface area contributed by atoms with Crippen LogP contribution in [0.4, 0.5) is 0 Å². The van der Waals surface area contributed by atoms with Gasteiger partial charge in [-0.2, -0.15) is 0 Å². The lowest BCUT2D eigenvalue weighted by molar-refractivity contribution is 0.0941. The molecular formula is C23H25ClN4O. The fourth-order valence-corrected chi connectivity index (χ4v) is 4.93. The first-order chi connectivity index (χ1) is 14.1. The van der Waals surface area contributed by atoms with Crippen LogP contribution in [0.2, 0.25) is 5.02 Å². The summed E-state index contributed by atoms with van der Waals surface area (Å²) in [6, 6.07) is 14.8. The fraction of sp³-hybridized carbons (Fsp3) is 0.391. The number of rotatable bonds is 4. The maximum absolute atomic E-state index is 6.57. The number of benzene rings is 2. The Balaban J connectivity index is 1.43. The van der Waals surface area contributed by atoms with Crippen molar-refractivity contribution in [2.75, 3.05) is 13.1 Å². The zero-order chi connectivity index (χ0) is 20.0. The van der Waals surface area contributed by atoms with Gasteiger partial charge in [-0.15, -0.1) is 10.2 Å². The van der Waals surface area contributed by atoms with E-state index < -0.39 is 0 Å². The number of aryl methyl sites for hydroxylation is 2. The Morgan fingerprint density at radius 3 is 2.34 bits per heavy atom. The van der Waals surface area contributed by atoms with Crippen LogP contribution in [0.5, 0.6) is 5.75 Å². The minimum atomic E-state index is 0.00559. The van der Waals surface area contributed by atoms with Gasteiger partial charge in [0, 0.05) is 10.7 Å². The van der Waals surface area contributed by atoms with Crippen LogP contribution in [0.25, 0.3) is 5.69 Å². The lowest BCUT2D eigenvalue weighted by Crippen LogP contribution is -2.38. The predicted octanol–water partition coefficient (Wildman–Crippen LogP) is 4.68. The Morgan fingerprint density at radius 1 is 0.966 bits per heavy atom. The summed E-state index contributed by atoms with van der Waals surface area (Å²) in [6.07, 6.45) is 3.57. The standard InChI is InChI=1S/C23H25ClN4O/c1-15-25-26-16(2)28(15)19-7-9-20(10-8-19)29-23-21-14-18(24)6-5-17(21)13-22(23)27-11-3-4-12-27/h5-10,14,22-23H,3-4,11-13H2,1-2H3. The van der Waals surface area contributed by atoms with Crippen molar-refractivity contribution in [3.05, 3.63) is 70.3 Å². The molecule has 1 fully saturated rings. The normalized spacial score (nSPS) is 21.5. The molecule has 0 bridgehead atoms. The summed E-state index contributed by atoms with van der Waals surface area (Å²) >= 11 is 6.32. The average molecular weight is 409 g/mol. The van der Waals surface area contributed by atoms with Crippen molar-refractivity contribution in [2.45, 2.75) is 45.3 Å². The van der Waals surface area contributed by atoms with Crippen LogP contribution in [-0.2, 0) is 6.42 Å². The second-order valence-corrected chi connectivity index (χ2v) is 8.46. The van der Waals surface area contributed by atoms with Gasteiger partial charge in [0.2, 0.25) is 0 Å². The molecule has 0 saturated carbocycles.